The van der Waals surface area contributed by atoms with Gasteiger partial charge in [-0.15, -0.1) is 0 Å². The van der Waals surface area contributed by atoms with Gasteiger partial charge in [0.25, 0.3) is 0 Å². The molecule has 1 aromatic rings. The number of nitrogens with two attached hydrogens (primary N) is 1. The minimum atomic E-state index is 0.220. The highest BCUT2D eigenvalue weighted by Crippen LogP contribution is 2.29. The molecule has 0 unspecified atom stereocenters. The van der Waals surface area contributed by atoms with E-state index in [0.717, 1.165) is 50.5 Å². The fourth-order valence-corrected chi connectivity index (χ4v) is 2.75. The van der Waals surface area contributed by atoms with Gasteiger partial charge >= 0.3 is 0 Å². The number of hydrogen-bond donors (Lipinski definition) is 2. The van der Waals surface area contributed by atoms with Crippen molar-refractivity contribution in [1.29, 1.82) is 0 Å². The maximum atomic E-state index is 9.05. The molecule has 20 heavy (non-hydrogen) atoms. The monoisotopic (exact) mass is 279 g/mol. The number of aliphatic hydroxyl groups is 1. The summed E-state index contributed by atoms with van der Waals surface area (Å²) in [5, 5.41) is 9.05. The Bertz CT molecular complexity index is 438. The maximum absolute atomic E-state index is 9.05. The quantitative estimate of drug-likeness (QED) is 0.844. The van der Waals surface area contributed by atoms with E-state index in [9.17, 15) is 0 Å². The second kappa shape index (κ2) is 6.85. The normalized spacial score (nSPS) is 17.5. The van der Waals surface area contributed by atoms with Crippen LogP contribution in [0.1, 0.15) is 31.7 Å². The van der Waals surface area contributed by atoms with E-state index in [1.165, 1.54) is 0 Å². The van der Waals surface area contributed by atoms with Crippen molar-refractivity contribution in [1.82, 2.24) is 14.9 Å². The molecule has 0 aromatic carbocycles. The molecule has 2 heterocycles. The van der Waals surface area contributed by atoms with Gasteiger partial charge in [0.05, 0.1) is 6.61 Å². The molecule has 1 aliphatic rings. The fraction of sp³-hybridized carbons (Fsp3) is 0.714. The predicted octanol–water partition coefficient (Wildman–Crippen LogP) is 0.687. The van der Waals surface area contributed by atoms with E-state index in [2.05, 4.69) is 33.6 Å². The van der Waals surface area contributed by atoms with Gasteiger partial charge in [-0.05, 0) is 18.9 Å². The number of nitrogen functional groups attached to an aromatic ring is 1. The molecule has 1 aromatic heterocycles. The Kier molecular flexibility index (Phi) is 5.14. The number of hydrogen-bond acceptors (Lipinski definition) is 6. The summed E-state index contributed by atoms with van der Waals surface area (Å²) in [5.74, 6) is 1.86. The van der Waals surface area contributed by atoms with Crippen molar-refractivity contribution < 1.29 is 5.11 Å². The molecule has 112 valence electrons. The first-order valence-electron chi connectivity index (χ1n) is 7.32. The van der Waals surface area contributed by atoms with Gasteiger partial charge in [0, 0.05) is 31.7 Å². The molecule has 0 saturated carbocycles. The lowest BCUT2D eigenvalue weighted by Crippen LogP contribution is -2.33. The summed E-state index contributed by atoms with van der Waals surface area (Å²) in [6, 6.07) is 0. The lowest BCUT2D eigenvalue weighted by molar-refractivity contribution is 0.204. The second-order valence-corrected chi connectivity index (χ2v) is 5.56. The minimum absolute atomic E-state index is 0.220. The Balaban J connectivity index is 2.17. The average molecular weight is 279 g/mol. The van der Waals surface area contributed by atoms with Gasteiger partial charge in [-0.3, -0.25) is 4.90 Å². The summed E-state index contributed by atoms with van der Waals surface area (Å²) in [6.45, 7) is 9.06. The summed E-state index contributed by atoms with van der Waals surface area (Å²) in [5.41, 5.74) is 7.07. The van der Waals surface area contributed by atoms with Crippen LogP contribution in [0.3, 0.4) is 0 Å². The van der Waals surface area contributed by atoms with Crippen LogP contribution < -0.4 is 10.6 Å². The summed E-state index contributed by atoms with van der Waals surface area (Å²) in [4.78, 5) is 13.2. The van der Waals surface area contributed by atoms with E-state index in [-0.39, 0.29) is 6.61 Å². The molecule has 0 amide bonds. The van der Waals surface area contributed by atoms with Crippen LogP contribution in [0.4, 0.5) is 11.6 Å². The van der Waals surface area contributed by atoms with Gasteiger partial charge in [0.15, 0.2) is 0 Å². The van der Waals surface area contributed by atoms with Crippen molar-refractivity contribution in [2.45, 2.75) is 26.2 Å². The van der Waals surface area contributed by atoms with Crippen molar-refractivity contribution in [2.75, 3.05) is 50.0 Å². The van der Waals surface area contributed by atoms with Gasteiger partial charge in [0.2, 0.25) is 0 Å². The van der Waals surface area contributed by atoms with Crippen LogP contribution in [0.5, 0.6) is 0 Å². The maximum Gasteiger partial charge on any atom is 0.137 e. The number of β-amino-alcohol motifs (C(OH)–C–C–N with tert-alkyl or cyclic N) is 1. The molecule has 0 atom stereocenters. The predicted molar refractivity (Wildman–Crippen MR) is 80.9 cm³/mol. The highest BCUT2D eigenvalue weighted by atomic mass is 16.3. The molecule has 1 saturated heterocycles. The van der Waals surface area contributed by atoms with Crippen LogP contribution in [-0.4, -0.2) is 59.3 Å². The highest BCUT2D eigenvalue weighted by molar-refractivity contribution is 5.58. The molecule has 0 aliphatic carbocycles. The van der Waals surface area contributed by atoms with Crippen molar-refractivity contribution in [3.63, 3.8) is 0 Å². The van der Waals surface area contributed by atoms with Crippen LogP contribution in [0.25, 0.3) is 0 Å². The zero-order valence-corrected chi connectivity index (χ0v) is 12.4. The fourth-order valence-electron chi connectivity index (χ4n) is 2.75. The van der Waals surface area contributed by atoms with Crippen molar-refractivity contribution >= 4 is 11.6 Å². The lowest BCUT2D eigenvalue weighted by Gasteiger charge is -2.26. The van der Waals surface area contributed by atoms with Crippen LogP contribution in [0, 0.1) is 0 Å². The Morgan fingerprint density at radius 3 is 2.75 bits per heavy atom. The van der Waals surface area contributed by atoms with Crippen LogP contribution in [0.15, 0.2) is 6.33 Å². The Hall–Kier alpha value is -1.40. The van der Waals surface area contributed by atoms with Gasteiger partial charge in [-0.2, -0.15) is 0 Å². The van der Waals surface area contributed by atoms with Crippen LogP contribution in [0.2, 0.25) is 0 Å². The molecule has 1 fully saturated rings. The SMILES string of the molecule is CC(C)c1c(N)ncnc1N1CCCN(CCO)CC1. The Morgan fingerprint density at radius 1 is 1.25 bits per heavy atom. The van der Waals surface area contributed by atoms with E-state index in [0.29, 0.717) is 11.7 Å². The summed E-state index contributed by atoms with van der Waals surface area (Å²) >= 11 is 0. The third kappa shape index (κ3) is 3.37. The molecule has 1 aliphatic heterocycles. The number of aromatic nitrogens is 2. The topological polar surface area (TPSA) is 78.5 Å². The van der Waals surface area contributed by atoms with Crippen molar-refractivity contribution in [3.8, 4) is 0 Å². The number of anilines is 2. The second-order valence-electron chi connectivity index (χ2n) is 5.56. The van der Waals surface area contributed by atoms with E-state index >= 15 is 0 Å². The first kappa shape index (κ1) is 15.0. The first-order valence-corrected chi connectivity index (χ1v) is 7.32. The summed E-state index contributed by atoms with van der Waals surface area (Å²) in [6.07, 6.45) is 2.62. The van der Waals surface area contributed by atoms with Gasteiger partial charge in [-0.1, -0.05) is 13.8 Å². The van der Waals surface area contributed by atoms with Crippen molar-refractivity contribution in [2.24, 2.45) is 0 Å². The molecule has 0 radical (unpaired) electrons. The third-order valence-electron chi connectivity index (χ3n) is 3.78. The lowest BCUT2D eigenvalue weighted by atomic mass is 10.0. The molecule has 0 bridgehead atoms. The van der Waals surface area contributed by atoms with E-state index in [4.69, 9.17) is 10.8 Å². The molecule has 3 N–H and O–H groups in total. The Labute approximate surface area is 120 Å². The molecular weight excluding hydrogens is 254 g/mol. The standard InChI is InChI=1S/C14H25N5O/c1-11(2)12-13(15)16-10-17-14(12)19-5-3-4-18(6-7-19)8-9-20/h10-11,20H,3-9H2,1-2H3,(H2,15,16,17). The summed E-state index contributed by atoms with van der Waals surface area (Å²) < 4.78 is 0. The third-order valence-corrected chi connectivity index (χ3v) is 3.78. The molecule has 6 heteroatoms. The van der Waals surface area contributed by atoms with E-state index in [1.54, 1.807) is 6.33 Å². The largest absolute Gasteiger partial charge is 0.395 e. The first-order chi connectivity index (χ1) is 9.63. The minimum Gasteiger partial charge on any atom is -0.395 e. The van der Waals surface area contributed by atoms with Crippen molar-refractivity contribution in [3.05, 3.63) is 11.9 Å². The molecular formula is C14H25N5O. The van der Waals surface area contributed by atoms with Gasteiger partial charge in [0.1, 0.15) is 18.0 Å². The highest BCUT2D eigenvalue weighted by Gasteiger charge is 2.21. The van der Waals surface area contributed by atoms with E-state index in [1.807, 2.05) is 0 Å². The zero-order valence-electron chi connectivity index (χ0n) is 12.4. The Morgan fingerprint density at radius 2 is 2.05 bits per heavy atom. The van der Waals surface area contributed by atoms with Crippen LogP contribution in [-0.2, 0) is 0 Å². The van der Waals surface area contributed by atoms with E-state index < -0.39 is 0 Å². The molecule has 6 nitrogen and oxygen atoms in total. The summed E-state index contributed by atoms with van der Waals surface area (Å²) in [7, 11) is 0. The zero-order chi connectivity index (χ0) is 14.5. The number of nitrogens with zero attached hydrogens (tertiary/aromatic N) is 4. The average Bonchev–Trinajstić information content (AvgIpc) is 2.64. The smallest absolute Gasteiger partial charge is 0.137 e. The van der Waals surface area contributed by atoms with Gasteiger partial charge < -0.3 is 15.7 Å². The number of rotatable bonds is 4. The number of aliphatic hydroxyl groups excluding tert-OH is 1. The van der Waals surface area contributed by atoms with Gasteiger partial charge in [-0.25, -0.2) is 9.97 Å². The van der Waals surface area contributed by atoms with Crippen LogP contribution >= 0.6 is 0 Å². The molecule has 0 spiro atoms. The molecule has 2 rings (SSSR count).